The van der Waals surface area contributed by atoms with E-state index < -0.39 is 11.9 Å². The second-order valence-electron chi connectivity index (χ2n) is 6.79. The van der Waals surface area contributed by atoms with Crippen molar-refractivity contribution in [2.45, 2.75) is 12.6 Å². The summed E-state index contributed by atoms with van der Waals surface area (Å²) in [6.45, 7) is 0.342. The first kappa shape index (κ1) is 20.0. The number of hydrogen-bond donors (Lipinski definition) is 1. The van der Waals surface area contributed by atoms with Crippen molar-refractivity contribution in [2.24, 2.45) is 0 Å². The molecule has 0 aliphatic carbocycles. The predicted octanol–water partition coefficient (Wildman–Crippen LogP) is 6.81. The standard InChI is InChI=1S/C23H16BrCl2NO2/c24-17-3-1-2-16(12-17)21-20(15-6-10-19(26)11-7-15)22(28)23(29)27(21)13-14-4-8-18(25)9-5-14/h1-12,21,28H,13H2/t21-/m0/s1. The summed E-state index contributed by atoms with van der Waals surface area (Å²) in [5, 5.41) is 12.0. The van der Waals surface area contributed by atoms with Gasteiger partial charge in [-0.15, -0.1) is 0 Å². The molecule has 0 spiro atoms. The maximum absolute atomic E-state index is 13.1. The van der Waals surface area contributed by atoms with Gasteiger partial charge in [0.1, 0.15) is 0 Å². The topological polar surface area (TPSA) is 40.5 Å². The Morgan fingerprint density at radius 1 is 0.931 bits per heavy atom. The lowest BCUT2D eigenvalue weighted by molar-refractivity contribution is -0.130. The first-order valence-electron chi connectivity index (χ1n) is 8.94. The maximum Gasteiger partial charge on any atom is 0.290 e. The highest BCUT2D eigenvalue weighted by Gasteiger charge is 2.41. The maximum atomic E-state index is 13.1. The van der Waals surface area contributed by atoms with Crippen LogP contribution in [-0.2, 0) is 11.3 Å². The summed E-state index contributed by atoms with van der Waals surface area (Å²) in [5.41, 5.74) is 3.14. The van der Waals surface area contributed by atoms with Crippen molar-refractivity contribution in [2.75, 3.05) is 0 Å². The Bertz CT molecular complexity index is 1090. The molecule has 0 saturated carbocycles. The molecule has 0 fully saturated rings. The fraction of sp³-hybridized carbons (Fsp3) is 0.0870. The van der Waals surface area contributed by atoms with Crippen LogP contribution in [0.25, 0.3) is 5.57 Å². The van der Waals surface area contributed by atoms with Crippen LogP contribution in [0.4, 0.5) is 0 Å². The van der Waals surface area contributed by atoms with Gasteiger partial charge in [0, 0.05) is 26.6 Å². The Hall–Kier alpha value is -2.27. The van der Waals surface area contributed by atoms with Crippen LogP contribution in [0.5, 0.6) is 0 Å². The minimum absolute atomic E-state index is 0.244. The molecule has 1 N–H and O–H groups in total. The van der Waals surface area contributed by atoms with Gasteiger partial charge in [-0.05, 0) is 53.1 Å². The zero-order valence-corrected chi connectivity index (χ0v) is 18.2. The van der Waals surface area contributed by atoms with Crippen LogP contribution in [-0.4, -0.2) is 15.9 Å². The molecule has 4 rings (SSSR count). The van der Waals surface area contributed by atoms with E-state index in [9.17, 15) is 9.90 Å². The third-order valence-corrected chi connectivity index (χ3v) is 5.89. The van der Waals surface area contributed by atoms with Crippen LogP contribution in [0.2, 0.25) is 10.0 Å². The Morgan fingerprint density at radius 2 is 1.55 bits per heavy atom. The first-order chi connectivity index (χ1) is 13.9. The van der Waals surface area contributed by atoms with Crippen molar-refractivity contribution >= 4 is 50.6 Å². The number of aliphatic hydroxyl groups excluding tert-OH is 1. The smallest absolute Gasteiger partial charge is 0.290 e. The van der Waals surface area contributed by atoms with E-state index in [0.717, 1.165) is 21.2 Å². The summed E-state index contributed by atoms with van der Waals surface area (Å²) in [6, 6.07) is 21.8. The normalized spacial score (nSPS) is 16.6. The molecule has 3 nitrogen and oxygen atoms in total. The van der Waals surface area contributed by atoms with Crippen molar-refractivity contribution in [3.63, 3.8) is 0 Å². The number of halogens is 3. The third kappa shape index (κ3) is 4.06. The highest BCUT2D eigenvalue weighted by molar-refractivity contribution is 9.10. The number of carbonyl (C=O) groups excluding carboxylic acids is 1. The minimum Gasteiger partial charge on any atom is -0.503 e. The molecule has 146 valence electrons. The number of benzene rings is 3. The number of nitrogens with zero attached hydrogens (tertiary/aromatic N) is 1. The lowest BCUT2D eigenvalue weighted by atomic mass is 9.93. The fourth-order valence-electron chi connectivity index (χ4n) is 3.55. The van der Waals surface area contributed by atoms with Gasteiger partial charge in [-0.3, -0.25) is 4.79 Å². The molecule has 0 bridgehead atoms. The monoisotopic (exact) mass is 487 g/mol. The lowest BCUT2D eigenvalue weighted by Crippen LogP contribution is -2.29. The zero-order valence-electron chi connectivity index (χ0n) is 15.1. The molecule has 1 aliphatic heterocycles. The Kier molecular flexibility index (Phi) is 5.68. The van der Waals surface area contributed by atoms with E-state index in [0.29, 0.717) is 22.2 Å². The molecule has 1 amide bonds. The van der Waals surface area contributed by atoms with Crippen LogP contribution in [0, 0.1) is 0 Å². The van der Waals surface area contributed by atoms with Crippen LogP contribution in [0.3, 0.4) is 0 Å². The summed E-state index contributed by atoms with van der Waals surface area (Å²) in [5.74, 6) is -0.652. The highest BCUT2D eigenvalue weighted by atomic mass is 79.9. The molecule has 0 radical (unpaired) electrons. The van der Waals surface area contributed by atoms with Gasteiger partial charge in [-0.2, -0.15) is 0 Å². The summed E-state index contributed by atoms with van der Waals surface area (Å²) < 4.78 is 0.899. The van der Waals surface area contributed by atoms with Crippen LogP contribution >= 0.6 is 39.1 Å². The lowest BCUT2D eigenvalue weighted by Gasteiger charge is -2.27. The number of amides is 1. The number of aliphatic hydroxyl groups is 1. The average molecular weight is 489 g/mol. The van der Waals surface area contributed by atoms with Crippen LogP contribution < -0.4 is 0 Å². The molecule has 0 aromatic heterocycles. The zero-order chi connectivity index (χ0) is 20.5. The van der Waals surface area contributed by atoms with E-state index >= 15 is 0 Å². The molecule has 6 heteroatoms. The second kappa shape index (κ2) is 8.23. The largest absolute Gasteiger partial charge is 0.503 e. The molecule has 29 heavy (non-hydrogen) atoms. The highest BCUT2D eigenvalue weighted by Crippen LogP contribution is 2.44. The summed E-state index contributed by atoms with van der Waals surface area (Å²) in [7, 11) is 0. The van der Waals surface area contributed by atoms with Gasteiger partial charge < -0.3 is 10.0 Å². The van der Waals surface area contributed by atoms with E-state index in [-0.39, 0.29) is 5.76 Å². The SMILES string of the molecule is O=C1C(O)=C(c2ccc(Cl)cc2)[C@H](c2cccc(Br)c2)N1Cc1ccc(Cl)cc1. The van der Waals surface area contributed by atoms with Gasteiger partial charge in [0.2, 0.25) is 0 Å². The summed E-state index contributed by atoms with van der Waals surface area (Å²) >= 11 is 15.5. The molecule has 0 unspecified atom stereocenters. The van der Waals surface area contributed by atoms with Gasteiger partial charge in [0.05, 0.1) is 6.04 Å². The third-order valence-electron chi connectivity index (χ3n) is 4.89. The molecule has 3 aromatic rings. The quantitative estimate of drug-likeness (QED) is 0.438. The van der Waals surface area contributed by atoms with Crippen LogP contribution in [0.15, 0.2) is 83.0 Å². The molecule has 1 heterocycles. The molecule has 1 aliphatic rings. The molecule has 0 saturated heterocycles. The van der Waals surface area contributed by atoms with Crippen molar-refractivity contribution < 1.29 is 9.90 Å². The second-order valence-corrected chi connectivity index (χ2v) is 8.57. The molecule has 3 aromatic carbocycles. The van der Waals surface area contributed by atoms with E-state index in [2.05, 4.69) is 15.9 Å². The van der Waals surface area contributed by atoms with Crippen molar-refractivity contribution in [3.05, 3.63) is 110 Å². The minimum atomic E-state index is -0.433. The van der Waals surface area contributed by atoms with E-state index in [1.54, 1.807) is 29.2 Å². The Labute approximate surface area is 187 Å². The fourth-order valence-corrected chi connectivity index (χ4v) is 4.22. The van der Waals surface area contributed by atoms with Gasteiger partial charge in [0.25, 0.3) is 5.91 Å². The van der Waals surface area contributed by atoms with Gasteiger partial charge in [0.15, 0.2) is 5.76 Å². The van der Waals surface area contributed by atoms with E-state index in [1.165, 1.54) is 0 Å². The van der Waals surface area contributed by atoms with E-state index in [1.807, 2.05) is 48.5 Å². The predicted molar refractivity (Wildman–Crippen MR) is 120 cm³/mol. The van der Waals surface area contributed by atoms with Crippen LogP contribution in [0.1, 0.15) is 22.7 Å². The van der Waals surface area contributed by atoms with Crippen molar-refractivity contribution in [1.82, 2.24) is 4.90 Å². The number of rotatable bonds is 4. The molecular formula is C23H16BrCl2NO2. The van der Waals surface area contributed by atoms with E-state index in [4.69, 9.17) is 23.2 Å². The summed E-state index contributed by atoms with van der Waals surface area (Å²) in [6.07, 6.45) is 0. The van der Waals surface area contributed by atoms with Gasteiger partial charge in [-0.25, -0.2) is 0 Å². The van der Waals surface area contributed by atoms with Gasteiger partial charge >= 0.3 is 0 Å². The summed E-state index contributed by atoms with van der Waals surface area (Å²) in [4.78, 5) is 14.7. The Morgan fingerprint density at radius 3 is 2.17 bits per heavy atom. The van der Waals surface area contributed by atoms with Crippen molar-refractivity contribution in [1.29, 1.82) is 0 Å². The molecular weight excluding hydrogens is 473 g/mol. The number of carbonyl (C=O) groups is 1. The Balaban J connectivity index is 1.81. The van der Waals surface area contributed by atoms with Gasteiger partial charge in [-0.1, -0.05) is 75.5 Å². The van der Waals surface area contributed by atoms with Crippen molar-refractivity contribution in [3.8, 4) is 0 Å². The number of hydrogen-bond acceptors (Lipinski definition) is 2. The average Bonchev–Trinajstić information content (AvgIpc) is 2.95. The molecule has 1 atom stereocenters. The first-order valence-corrected chi connectivity index (χ1v) is 10.5.